The Morgan fingerprint density at radius 2 is 1.83 bits per heavy atom. The Bertz CT molecular complexity index is 1070. The van der Waals surface area contributed by atoms with Crippen molar-refractivity contribution in [2.24, 2.45) is 5.41 Å². The van der Waals surface area contributed by atoms with Gasteiger partial charge < -0.3 is 0 Å². The number of hydrogen-bond donors (Lipinski definition) is 1. The molecule has 2 saturated carbocycles. The van der Waals surface area contributed by atoms with E-state index in [9.17, 15) is 8.42 Å². The zero-order valence-electron chi connectivity index (χ0n) is 17.5. The summed E-state index contributed by atoms with van der Waals surface area (Å²) in [6, 6.07) is 19.3. The standard InChI is InChI=1S/C25H30N2O2S/c1-27-23-24(27)25(23)16-19-11-10-18(12-13-26-30(28,29)20-8-5-9-20)14-21(19)22(25)15-17-6-3-2-4-7-17/h2-4,6-7,10-11,14,20,22-24,26H,5,8-9,12-13,15-16H2,1H3. The normalized spacial score (nSPS) is 33.8. The highest BCUT2D eigenvalue weighted by Crippen LogP contribution is 2.76. The van der Waals surface area contributed by atoms with Crippen molar-refractivity contribution in [1.29, 1.82) is 0 Å². The molecule has 3 aliphatic carbocycles. The van der Waals surface area contributed by atoms with Gasteiger partial charge in [-0.1, -0.05) is 55.0 Å². The van der Waals surface area contributed by atoms with Crippen LogP contribution >= 0.6 is 0 Å². The van der Waals surface area contributed by atoms with Crippen molar-refractivity contribution >= 4 is 10.0 Å². The summed E-state index contributed by atoms with van der Waals surface area (Å²) >= 11 is 0. The van der Waals surface area contributed by atoms with E-state index in [0.29, 0.717) is 17.9 Å². The summed E-state index contributed by atoms with van der Waals surface area (Å²) in [4.78, 5) is 2.51. The molecule has 158 valence electrons. The second kappa shape index (κ2) is 6.65. The van der Waals surface area contributed by atoms with Gasteiger partial charge in [-0.25, -0.2) is 13.1 Å². The molecule has 0 radical (unpaired) electrons. The van der Waals surface area contributed by atoms with Crippen molar-refractivity contribution in [3.05, 3.63) is 70.8 Å². The SMILES string of the molecule is CN1C2C1C21Cc2ccc(CCNS(=O)(=O)C3CCC3)cc2C1Cc1ccccc1. The number of sulfonamides is 1. The molecule has 3 unspecified atom stereocenters. The Kier molecular flexibility index (Phi) is 4.22. The third kappa shape index (κ3) is 2.82. The average molecular weight is 423 g/mol. The van der Waals surface area contributed by atoms with Gasteiger partial charge in [0.25, 0.3) is 0 Å². The Labute approximate surface area is 179 Å². The predicted octanol–water partition coefficient (Wildman–Crippen LogP) is 3.27. The lowest BCUT2D eigenvalue weighted by Gasteiger charge is -2.29. The molecule has 30 heavy (non-hydrogen) atoms. The third-order valence-electron chi connectivity index (χ3n) is 8.30. The van der Waals surface area contributed by atoms with Crippen LogP contribution in [0, 0.1) is 5.41 Å². The molecule has 1 saturated heterocycles. The molecule has 4 aliphatic rings. The van der Waals surface area contributed by atoms with E-state index in [-0.39, 0.29) is 5.25 Å². The maximum absolute atomic E-state index is 12.3. The van der Waals surface area contributed by atoms with Gasteiger partial charge in [0.1, 0.15) is 0 Å². The van der Waals surface area contributed by atoms with Crippen molar-refractivity contribution in [1.82, 2.24) is 9.62 Å². The number of likely N-dealkylation sites (tertiary alicyclic amines) is 1. The molecule has 1 aliphatic heterocycles. The Balaban J connectivity index is 1.20. The first-order valence-corrected chi connectivity index (χ1v) is 12.9. The smallest absolute Gasteiger partial charge is 0.214 e. The van der Waals surface area contributed by atoms with Gasteiger partial charge in [0, 0.05) is 24.0 Å². The van der Waals surface area contributed by atoms with Crippen LogP contribution in [0.25, 0.3) is 0 Å². The molecule has 2 aromatic rings. The molecule has 3 atom stereocenters. The first-order valence-electron chi connectivity index (χ1n) is 11.4. The van der Waals surface area contributed by atoms with Crippen molar-refractivity contribution in [2.75, 3.05) is 13.6 Å². The fraction of sp³-hybridized carbons (Fsp3) is 0.520. The quantitative estimate of drug-likeness (QED) is 0.697. The number of hydrogen-bond acceptors (Lipinski definition) is 3. The van der Waals surface area contributed by atoms with Crippen LogP contribution in [0.3, 0.4) is 0 Å². The van der Waals surface area contributed by atoms with Crippen LogP contribution in [0.4, 0.5) is 0 Å². The summed E-state index contributed by atoms with van der Waals surface area (Å²) in [5.74, 6) is 0.577. The lowest BCUT2D eigenvalue weighted by Crippen LogP contribution is -2.39. The van der Waals surface area contributed by atoms with Crippen LogP contribution in [-0.2, 0) is 29.3 Å². The molecule has 5 heteroatoms. The van der Waals surface area contributed by atoms with Crippen molar-refractivity contribution in [3.8, 4) is 0 Å². The Morgan fingerprint density at radius 1 is 1.07 bits per heavy atom. The molecule has 1 N–H and O–H groups in total. The number of fused-ring (bicyclic) bond motifs is 4. The fourth-order valence-corrected chi connectivity index (χ4v) is 7.94. The molecule has 4 nitrogen and oxygen atoms in total. The maximum atomic E-state index is 12.3. The van der Waals surface area contributed by atoms with Crippen LogP contribution in [0.15, 0.2) is 48.5 Å². The van der Waals surface area contributed by atoms with Crippen LogP contribution in [0.1, 0.15) is 47.4 Å². The summed E-state index contributed by atoms with van der Waals surface area (Å²) < 4.78 is 27.4. The van der Waals surface area contributed by atoms with E-state index in [2.05, 4.69) is 65.2 Å². The first kappa shape index (κ1) is 19.0. The molecule has 1 spiro atoms. The minimum Gasteiger partial charge on any atom is -0.296 e. The molecule has 2 aromatic carbocycles. The average Bonchev–Trinajstić information content (AvgIpc) is 3.53. The van der Waals surface area contributed by atoms with Crippen LogP contribution < -0.4 is 4.72 Å². The Hall–Kier alpha value is -1.69. The lowest BCUT2D eigenvalue weighted by molar-refractivity contribution is 0.226. The van der Waals surface area contributed by atoms with E-state index in [1.807, 2.05) is 0 Å². The summed E-state index contributed by atoms with van der Waals surface area (Å²) in [6.07, 6.45) is 5.73. The van der Waals surface area contributed by atoms with Gasteiger partial charge >= 0.3 is 0 Å². The zero-order chi connectivity index (χ0) is 20.5. The largest absolute Gasteiger partial charge is 0.296 e. The van der Waals surface area contributed by atoms with E-state index >= 15 is 0 Å². The molecule has 0 bridgehead atoms. The highest BCUT2D eigenvalue weighted by Gasteiger charge is 2.84. The van der Waals surface area contributed by atoms with Gasteiger partial charge in [0.05, 0.1) is 5.25 Å². The van der Waals surface area contributed by atoms with Crippen LogP contribution in [0.2, 0.25) is 0 Å². The molecule has 0 aromatic heterocycles. The lowest BCUT2D eigenvalue weighted by atomic mass is 9.81. The van der Waals surface area contributed by atoms with Gasteiger partial charge in [-0.2, -0.15) is 0 Å². The number of rotatable bonds is 7. The van der Waals surface area contributed by atoms with Crippen LogP contribution in [0.5, 0.6) is 0 Å². The van der Waals surface area contributed by atoms with E-state index in [0.717, 1.165) is 44.2 Å². The highest BCUT2D eigenvalue weighted by molar-refractivity contribution is 7.90. The molecular formula is C25H30N2O2S. The summed E-state index contributed by atoms with van der Waals surface area (Å²) in [5, 5.41) is -0.161. The van der Waals surface area contributed by atoms with E-state index in [1.165, 1.54) is 28.7 Å². The minimum atomic E-state index is -3.13. The fourth-order valence-electron chi connectivity index (χ4n) is 6.37. The van der Waals surface area contributed by atoms with Gasteiger partial charge in [0.2, 0.25) is 10.0 Å². The minimum absolute atomic E-state index is 0.161. The molecular weight excluding hydrogens is 392 g/mol. The molecule has 3 fully saturated rings. The van der Waals surface area contributed by atoms with Crippen molar-refractivity contribution in [3.63, 3.8) is 0 Å². The molecule has 1 heterocycles. The number of benzene rings is 2. The van der Waals surface area contributed by atoms with E-state index in [4.69, 9.17) is 0 Å². The van der Waals surface area contributed by atoms with Gasteiger partial charge in [-0.3, -0.25) is 4.90 Å². The number of nitrogens with zero attached hydrogens (tertiary/aromatic N) is 1. The van der Waals surface area contributed by atoms with E-state index < -0.39 is 10.0 Å². The Morgan fingerprint density at radius 3 is 2.50 bits per heavy atom. The second-order valence-corrected chi connectivity index (χ2v) is 11.9. The van der Waals surface area contributed by atoms with Gasteiger partial charge in [-0.15, -0.1) is 0 Å². The van der Waals surface area contributed by atoms with Crippen LogP contribution in [-0.4, -0.2) is 44.2 Å². The molecule has 6 rings (SSSR count). The van der Waals surface area contributed by atoms with Crippen molar-refractivity contribution in [2.45, 2.75) is 61.8 Å². The summed E-state index contributed by atoms with van der Waals surface area (Å²) in [7, 11) is -0.876. The van der Waals surface area contributed by atoms with Crippen molar-refractivity contribution < 1.29 is 8.42 Å². The highest BCUT2D eigenvalue weighted by atomic mass is 32.2. The number of nitrogens with one attached hydrogen (secondary N) is 1. The summed E-state index contributed by atoms with van der Waals surface area (Å²) in [5.41, 5.74) is 6.14. The zero-order valence-corrected chi connectivity index (χ0v) is 18.4. The maximum Gasteiger partial charge on any atom is 0.214 e. The van der Waals surface area contributed by atoms with Gasteiger partial charge in [-0.05, 0) is 67.3 Å². The molecule has 0 amide bonds. The summed E-state index contributed by atoms with van der Waals surface area (Å²) in [6.45, 7) is 0.500. The monoisotopic (exact) mass is 422 g/mol. The predicted molar refractivity (Wildman–Crippen MR) is 119 cm³/mol. The van der Waals surface area contributed by atoms with E-state index in [1.54, 1.807) is 0 Å². The second-order valence-electron chi connectivity index (χ2n) is 9.86. The third-order valence-corrected chi connectivity index (χ3v) is 10.3. The first-order chi connectivity index (χ1) is 14.5. The number of likely N-dealkylation sites (N-methyl/N-ethyl adjacent to an activating group) is 1. The topological polar surface area (TPSA) is 49.2 Å². The van der Waals surface area contributed by atoms with Gasteiger partial charge in [0.15, 0.2) is 0 Å².